The van der Waals surface area contributed by atoms with Crippen LogP contribution in [0.2, 0.25) is 0 Å². The molecule has 0 saturated carbocycles. The lowest BCUT2D eigenvalue weighted by Gasteiger charge is -2.10. The molecule has 16 heavy (non-hydrogen) atoms. The van der Waals surface area contributed by atoms with E-state index in [-0.39, 0.29) is 5.56 Å². The van der Waals surface area contributed by atoms with E-state index in [0.717, 1.165) is 4.57 Å². The second-order valence-electron chi connectivity index (χ2n) is 3.44. The van der Waals surface area contributed by atoms with Crippen molar-refractivity contribution in [3.63, 3.8) is 0 Å². The van der Waals surface area contributed by atoms with Crippen LogP contribution in [0.1, 0.15) is 5.82 Å². The molecule has 5 heteroatoms. The molecule has 1 aromatic heterocycles. The second kappa shape index (κ2) is 3.77. The van der Waals surface area contributed by atoms with Gasteiger partial charge in [-0.1, -0.05) is 12.1 Å². The van der Waals surface area contributed by atoms with Crippen LogP contribution in [0.3, 0.4) is 0 Å². The zero-order valence-electron chi connectivity index (χ0n) is 8.64. The van der Waals surface area contributed by atoms with Gasteiger partial charge < -0.3 is 9.90 Å². The molecule has 0 N–H and O–H groups in total. The van der Waals surface area contributed by atoms with Crippen LogP contribution in [0.5, 0.6) is 0 Å². The van der Waals surface area contributed by atoms with Crippen molar-refractivity contribution in [3.05, 3.63) is 40.4 Å². The highest BCUT2D eigenvalue weighted by atomic mass is 16.4. The van der Waals surface area contributed by atoms with Crippen LogP contribution in [0.25, 0.3) is 10.9 Å². The summed E-state index contributed by atoms with van der Waals surface area (Å²) in [6.45, 7) is 1.12. The van der Waals surface area contributed by atoms with Gasteiger partial charge in [0, 0.05) is 0 Å². The largest absolute Gasteiger partial charge is 0.548 e. The van der Waals surface area contributed by atoms with Gasteiger partial charge in [0.25, 0.3) is 5.56 Å². The number of nitrogens with zero attached hydrogens (tertiary/aromatic N) is 2. The average molecular weight is 217 g/mol. The van der Waals surface area contributed by atoms with Gasteiger partial charge in [0.1, 0.15) is 5.82 Å². The van der Waals surface area contributed by atoms with Crippen LogP contribution in [-0.2, 0) is 11.3 Å². The van der Waals surface area contributed by atoms with Crippen LogP contribution in [0.15, 0.2) is 29.1 Å². The summed E-state index contributed by atoms with van der Waals surface area (Å²) in [5.41, 5.74) is 0.215. The Bertz CT molecular complexity index is 616. The van der Waals surface area contributed by atoms with E-state index in [0.29, 0.717) is 16.7 Å². The molecule has 2 aromatic rings. The number of aliphatic carboxylic acids is 1. The maximum absolute atomic E-state index is 11.9. The Kier molecular flexibility index (Phi) is 2.44. The molecule has 0 aliphatic rings. The molecule has 0 unspecified atom stereocenters. The first-order valence-electron chi connectivity index (χ1n) is 4.75. The molecule has 0 saturated heterocycles. The summed E-state index contributed by atoms with van der Waals surface area (Å²) in [5.74, 6) is -0.935. The highest BCUT2D eigenvalue weighted by Crippen LogP contribution is 2.06. The van der Waals surface area contributed by atoms with E-state index in [1.54, 1.807) is 31.2 Å². The number of aryl methyl sites for hydroxylation is 1. The second-order valence-corrected chi connectivity index (χ2v) is 3.44. The molecule has 1 heterocycles. The first kappa shape index (κ1) is 10.4. The van der Waals surface area contributed by atoms with Crippen molar-refractivity contribution in [2.45, 2.75) is 13.5 Å². The highest BCUT2D eigenvalue weighted by Gasteiger charge is 2.06. The van der Waals surface area contributed by atoms with E-state index < -0.39 is 12.5 Å². The molecule has 0 spiro atoms. The van der Waals surface area contributed by atoms with Crippen molar-refractivity contribution in [2.24, 2.45) is 0 Å². The minimum Gasteiger partial charge on any atom is -0.548 e. The molecule has 0 bridgehead atoms. The zero-order valence-corrected chi connectivity index (χ0v) is 8.64. The number of aromatic nitrogens is 2. The van der Waals surface area contributed by atoms with Crippen molar-refractivity contribution < 1.29 is 9.90 Å². The Hall–Kier alpha value is -2.17. The third-order valence-corrected chi connectivity index (χ3v) is 2.34. The fourth-order valence-corrected chi connectivity index (χ4v) is 1.59. The molecule has 2 rings (SSSR count). The number of carboxylic acid groups (broad SMARTS) is 1. The SMILES string of the molecule is Cc1nc2ccccc2c(=O)n1CC(=O)[O-]. The third kappa shape index (κ3) is 1.67. The lowest BCUT2D eigenvalue weighted by atomic mass is 10.2. The number of carboxylic acids is 1. The number of fused-ring (bicyclic) bond motifs is 1. The van der Waals surface area contributed by atoms with Crippen LogP contribution in [-0.4, -0.2) is 15.5 Å². The molecular formula is C11H9N2O3-. The highest BCUT2D eigenvalue weighted by molar-refractivity contribution is 5.77. The molecule has 0 aliphatic carbocycles. The number of rotatable bonds is 2. The van der Waals surface area contributed by atoms with Crippen LogP contribution >= 0.6 is 0 Å². The predicted molar refractivity (Wildman–Crippen MR) is 55.7 cm³/mol. The molecule has 0 amide bonds. The fraction of sp³-hybridized carbons (Fsp3) is 0.182. The normalized spacial score (nSPS) is 10.6. The maximum atomic E-state index is 11.9. The monoisotopic (exact) mass is 217 g/mol. The Balaban J connectivity index is 2.76. The van der Waals surface area contributed by atoms with Gasteiger partial charge in [-0.2, -0.15) is 0 Å². The topological polar surface area (TPSA) is 75.0 Å². The number of hydrogen-bond acceptors (Lipinski definition) is 4. The number of benzene rings is 1. The van der Waals surface area contributed by atoms with Gasteiger partial charge in [0.15, 0.2) is 0 Å². The summed E-state index contributed by atoms with van der Waals surface area (Å²) >= 11 is 0. The number of hydrogen-bond donors (Lipinski definition) is 0. The first-order chi connectivity index (χ1) is 7.59. The van der Waals surface area contributed by atoms with Crippen LogP contribution in [0, 0.1) is 6.92 Å². The van der Waals surface area contributed by atoms with Gasteiger partial charge in [-0.15, -0.1) is 0 Å². The summed E-state index contributed by atoms with van der Waals surface area (Å²) in [6, 6.07) is 6.82. The van der Waals surface area contributed by atoms with Gasteiger partial charge in [-0.05, 0) is 19.1 Å². The quantitative estimate of drug-likeness (QED) is 0.676. The molecule has 82 valence electrons. The van der Waals surface area contributed by atoms with E-state index in [4.69, 9.17) is 0 Å². The predicted octanol–water partition coefficient (Wildman–Crippen LogP) is -0.545. The van der Waals surface area contributed by atoms with Gasteiger partial charge >= 0.3 is 0 Å². The van der Waals surface area contributed by atoms with Gasteiger partial charge in [-0.3, -0.25) is 9.36 Å². The van der Waals surface area contributed by atoms with E-state index in [9.17, 15) is 14.7 Å². The molecule has 0 aliphatic heterocycles. The number of para-hydroxylation sites is 1. The maximum Gasteiger partial charge on any atom is 0.261 e. The number of carbonyl (C=O) groups is 1. The Labute approximate surface area is 91.0 Å². The molecule has 1 aromatic carbocycles. The van der Waals surface area contributed by atoms with E-state index in [2.05, 4.69) is 4.98 Å². The minimum absolute atomic E-state index is 0.354. The zero-order chi connectivity index (χ0) is 11.7. The third-order valence-electron chi connectivity index (χ3n) is 2.34. The molecular weight excluding hydrogens is 208 g/mol. The lowest BCUT2D eigenvalue weighted by Crippen LogP contribution is -2.34. The summed E-state index contributed by atoms with van der Waals surface area (Å²) in [6.07, 6.45) is 0. The smallest absolute Gasteiger partial charge is 0.261 e. The molecule has 0 radical (unpaired) electrons. The molecule has 0 atom stereocenters. The first-order valence-corrected chi connectivity index (χ1v) is 4.75. The van der Waals surface area contributed by atoms with Crippen molar-refractivity contribution in [3.8, 4) is 0 Å². The van der Waals surface area contributed by atoms with E-state index in [1.807, 2.05) is 0 Å². The van der Waals surface area contributed by atoms with Gasteiger partial charge in [0.2, 0.25) is 0 Å². The van der Waals surface area contributed by atoms with Crippen LogP contribution in [0.4, 0.5) is 0 Å². The van der Waals surface area contributed by atoms with E-state index in [1.165, 1.54) is 0 Å². The molecule has 5 nitrogen and oxygen atoms in total. The van der Waals surface area contributed by atoms with Crippen molar-refractivity contribution in [1.82, 2.24) is 9.55 Å². The van der Waals surface area contributed by atoms with Crippen LogP contribution < -0.4 is 10.7 Å². The Morgan fingerprint density at radius 2 is 2.12 bits per heavy atom. The van der Waals surface area contributed by atoms with Gasteiger partial charge in [-0.25, -0.2) is 4.98 Å². The van der Waals surface area contributed by atoms with Crippen molar-refractivity contribution in [1.29, 1.82) is 0 Å². The van der Waals surface area contributed by atoms with Gasteiger partial charge in [0.05, 0.1) is 23.4 Å². The average Bonchev–Trinajstić information content (AvgIpc) is 2.24. The van der Waals surface area contributed by atoms with E-state index >= 15 is 0 Å². The fourth-order valence-electron chi connectivity index (χ4n) is 1.59. The van der Waals surface area contributed by atoms with Crippen molar-refractivity contribution >= 4 is 16.9 Å². The summed E-state index contributed by atoms with van der Waals surface area (Å²) in [5, 5.41) is 10.9. The minimum atomic E-state index is -1.30. The van der Waals surface area contributed by atoms with Crippen molar-refractivity contribution in [2.75, 3.05) is 0 Å². The molecule has 0 fully saturated rings. The Morgan fingerprint density at radius 3 is 2.81 bits per heavy atom. The number of carbonyl (C=O) groups excluding carboxylic acids is 1. The summed E-state index contributed by atoms with van der Waals surface area (Å²) < 4.78 is 1.09. The Morgan fingerprint density at radius 1 is 1.44 bits per heavy atom. The summed E-state index contributed by atoms with van der Waals surface area (Å²) in [7, 11) is 0. The standard InChI is InChI=1S/C11H10N2O3/c1-7-12-9-5-3-2-4-8(9)11(16)13(7)6-10(14)15/h2-5H,6H2,1H3,(H,14,15)/p-1. The summed E-state index contributed by atoms with van der Waals surface area (Å²) in [4.78, 5) is 26.6. The lowest BCUT2D eigenvalue weighted by molar-refractivity contribution is -0.306.